The Kier molecular flexibility index (Phi) is 2.35. The number of hydrogen-bond donors (Lipinski definition) is 1. The second kappa shape index (κ2) is 3.39. The van der Waals surface area contributed by atoms with E-state index < -0.39 is 0 Å². The summed E-state index contributed by atoms with van der Waals surface area (Å²) in [5, 5.41) is 0. The fraction of sp³-hybridized carbons (Fsp3) is 0.364. The van der Waals surface area contributed by atoms with Gasteiger partial charge < -0.3 is 5.73 Å². The van der Waals surface area contributed by atoms with Gasteiger partial charge in [0.15, 0.2) is 0 Å². The Morgan fingerprint density at radius 1 is 1.43 bits per heavy atom. The van der Waals surface area contributed by atoms with Crippen molar-refractivity contribution in [1.29, 1.82) is 0 Å². The van der Waals surface area contributed by atoms with E-state index in [1.807, 2.05) is 24.3 Å². The third-order valence-corrected chi connectivity index (χ3v) is 3.64. The Morgan fingerprint density at radius 3 is 2.57 bits per heavy atom. The van der Waals surface area contributed by atoms with Gasteiger partial charge in [-0.1, -0.05) is 34.1 Å². The lowest BCUT2D eigenvalue weighted by Gasteiger charge is -2.11. The van der Waals surface area contributed by atoms with Crippen molar-refractivity contribution in [2.75, 3.05) is 0 Å². The first kappa shape index (κ1) is 9.71. The third kappa shape index (κ3) is 1.69. The zero-order valence-electron chi connectivity index (χ0n) is 7.79. The predicted molar refractivity (Wildman–Crippen MR) is 58.7 cm³/mol. The number of amides is 1. The molecule has 0 aliphatic heterocycles. The molecule has 1 fully saturated rings. The highest BCUT2D eigenvalue weighted by Gasteiger charge is 2.48. The van der Waals surface area contributed by atoms with Gasteiger partial charge >= 0.3 is 0 Å². The molecule has 2 N–H and O–H groups in total. The van der Waals surface area contributed by atoms with Gasteiger partial charge in [-0.2, -0.15) is 0 Å². The van der Waals surface area contributed by atoms with Gasteiger partial charge in [0.25, 0.3) is 0 Å². The van der Waals surface area contributed by atoms with E-state index in [0.29, 0.717) is 0 Å². The van der Waals surface area contributed by atoms with Gasteiger partial charge in [0.1, 0.15) is 0 Å². The zero-order chi connectivity index (χ0) is 10.2. The lowest BCUT2D eigenvalue weighted by molar-refractivity contribution is -0.123. The molecule has 2 rings (SSSR count). The van der Waals surface area contributed by atoms with Crippen LogP contribution in [0.2, 0.25) is 0 Å². The number of benzene rings is 1. The van der Waals surface area contributed by atoms with E-state index in [1.165, 1.54) is 5.56 Å². The molecule has 1 aromatic rings. The van der Waals surface area contributed by atoms with Crippen molar-refractivity contribution in [3.05, 3.63) is 34.3 Å². The van der Waals surface area contributed by atoms with Crippen LogP contribution in [-0.4, -0.2) is 5.91 Å². The van der Waals surface area contributed by atoms with Crippen LogP contribution in [0.3, 0.4) is 0 Å². The smallest absolute Gasteiger partial charge is 0.223 e. The summed E-state index contributed by atoms with van der Waals surface area (Å²) >= 11 is 3.47. The maximum absolute atomic E-state index is 11.2. The zero-order valence-corrected chi connectivity index (χ0v) is 9.38. The maximum atomic E-state index is 11.2. The Labute approximate surface area is 91.6 Å². The number of carbonyl (C=O) groups excluding carboxylic acids is 1. The molecule has 14 heavy (non-hydrogen) atoms. The number of hydrogen-bond acceptors (Lipinski definition) is 1. The highest BCUT2D eigenvalue weighted by atomic mass is 79.9. The van der Waals surface area contributed by atoms with Crippen LogP contribution in [0.25, 0.3) is 0 Å². The van der Waals surface area contributed by atoms with Gasteiger partial charge in [0.2, 0.25) is 5.91 Å². The molecule has 1 aliphatic rings. The molecule has 0 bridgehead atoms. The minimum atomic E-state index is -0.246. The number of carbonyl (C=O) groups is 1. The predicted octanol–water partition coefficient (Wildman–Crippen LogP) is 2.26. The van der Waals surface area contributed by atoms with Crippen LogP contribution in [0.4, 0.5) is 0 Å². The number of rotatable bonds is 3. The lowest BCUT2D eigenvalue weighted by Crippen LogP contribution is -2.26. The van der Waals surface area contributed by atoms with Crippen molar-refractivity contribution in [1.82, 2.24) is 0 Å². The van der Waals surface area contributed by atoms with Gasteiger partial charge in [-0.05, 0) is 30.9 Å². The van der Waals surface area contributed by atoms with Crippen molar-refractivity contribution in [2.24, 2.45) is 11.1 Å². The van der Waals surface area contributed by atoms with Crippen LogP contribution < -0.4 is 5.73 Å². The largest absolute Gasteiger partial charge is 0.369 e. The molecule has 0 spiro atoms. The fourth-order valence-electron chi connectivity index (χ4n) is 1.67. The summed E-state index contributed by atoms with van der Waals surface area (Å²) in [5.74, 6) is -0.159. The van der Waals surface area contributed by atoms with Crippen molar-refractivity contribution in [3.63, 3.8) is 0 Å². The summed E-state index contributed by atoms with van der Waals surface area (Å²) in [6, 6.07) is 7.98. The molecule has 74 valence electrons. The third-order valence-electron chi connectivity index (χ3n) is 2.86. The molecule has 1 saturated carbocycles. The van der Waals surface area contributed by atoms with Gasteiger partial charge in [0.05, 0.1) is 5.41 Å². The second-order valence-corrected chi connectivity index (χ2v) is 4.77. The molecule has 0 heterocycles. The van der Waals surface area contributed by atoms with Crippen LogP contribution in [0.15, 0.2) is 28.7 Å². The average molecular weight is 254 g/mol. The highest BCUT2D eigenvalue weighted by molar-refractivity contribution is 9.10. The van der Waals surface area contributed by atoms with Crippen molar-refractivity contribution in [2.45, 2.75) is 19.3 Å². The van der Waals surface area contributed by atoms with Gasteiger partial charge in [0, 0.05) is 4.47 Å². The van der Waals surface area contributed by atoms with E-state index in [2.05, 4.69) is 15.9 Å². The second-order valence-electron chi connectivity index (χ2n) is 3.91. The molecule has 1 aromatic carbocycles. The molecular weight excluding hydrogens is 242 g/mol. The molecule has 1 aliphatic carbocycles. The molecular formula is C11H12BrNO. The molecule has 3 heteroatoms. The summed E-state index contributed by atoms with van der Waals surface area (Å²) in [6.07, 6.45) is 2.64. The first-order chi connectivity index (χ1) is 6.64. The SMILES string of the molecule is NC(=O)C1(Cc2ccccc2Br)CC1. The molecule has 0 unspecified atom stereocenters. The molecule has 0 radical (unpaired) electrons. The Hall–Kier alpha value is -0.830. The van der Waals surface area contributed by atoms with Crippen molar-refractivity contribution >= 4 is 21.8 Å². The first-order valence-corrected chi connectivity index (χ1v) is 5.47. The Bertz CT molecular complexity index is 371. The van der Waals surface area contributed by atoms with Crippen molar-refractivity contribution in [3.8, 4) is 0 Å². The summed E-state index contributed by atoms with van der Waals surface area (Å²) in [5.41, 5.74) is 6.30. The summed E-state index contributed by atoms with van der Waals surface area (Å²) in [7, 11) is 0. The highest BCUT2D eigenvalue weighted by Crippen LogP contribution is 2.48. The normalized spacial score (nSPS) is 17.8. The van der Waals surface area contributed by atoms with Crippen LogP contribution >= 0.6 is 15.9 Å². The summed E-state index contributed by atoms with van der Waals surface area (Å²) < 4.78 is 1.06. The van der Waals surface area contributed by atoms with Crippen molar-refractivity contribution < 1.29 is 4.79 Å². The minimum absolute atomic E-state index is 0.159. The Morgan fingerprint density at radius 2 is 2.07 bits per heavy atom. The molecule has 0 saturated heterocycles. The van der Waals surface area contributed by atoms with E-state index >= 15 is 0 Å². The average Bonchev–Trinajstić information content (AvgIpc) is 2.90. The topological polar surface area (TPSA) is 43.1 Å². The first-order valence-electron chi connectivity index (χ1n) is 4.67. The lowest BCUT2D eigenvalue weighted by atomic mass is 9.96. The van der Waals surface area contributed by atoms with E-state index in [1.54, 1.807) is 0 Å². The fourth-order valence-corrected chi connectivity index (χ4v) is 2.09. The summed E-state index contributed by atoms with van der Waals surface area (Å²) in [4.78, 5) is 11.2. The van der Waals surface area contributed by atoms with Gasteiger partial charge in [-0.25, -0.2) is 0 Å². The quantitative estimate of drug-likeness (QED) is 0.883. The number of primary amides is 1. The Balaban J connectivity index is 2.19. The number of nitrogens with two attached hydrogens (primary N) is 1. The molecule has 1 amide bonds. The monoisotopic (exact) mass is 253 g/mol. The van der Waals surface area contributed by atoms with Crippen LogP contribution in [0.5, 0.6) is 0 Å². The minimum Gasteiger partial charge on any atom is -0.369 e. The van der Waals surface area contributed by atoms with Crippen LogP contribution in [0.1, 0.15) is 18.4 Å². The van der Waals surface area contributed by atoms with E-state index in [9.17, 15) is 4.79 Å². The van der Waals surface area contributed by atoms with E-state index in [0.717, 1.165) is 23.7 Å². The summed E-state index contributed by atoms with van der Waals surface area (Å²) in [6.45, 7) is 0. The molecule has 2 nitrogen and oxygen atoms in total. The number of halogens is 1. The maximum Gasteiger partial charge on any atom is 0.223 e. The van der Waals surface area contributed by atoms with Gasteiger partial charge in [-0.15, -0.1) is 0 Å². The molecule has 0 atom stereocenters. The van der Waals surface area contributed by atoms with Crippen LogP contribution in [-0.2, 0) is 11.2 Å². The standard InChI is InChI=1S/C11H12BrNO/c12-9-4-2-1-3-8(9)7-11(5-6-11)10(13)14/h1-4H,5-7H2,(H2,13,14). The van der Waals surface area contributed by atoms with E-state index in [4.69, 9.17) is 5.73 Å². The van der Waals surface area contributed by atoms with Crippen LogP contribution in [0, 0.1) is 5.41 Å². The van der Waals surface area contributed by atoms with Gasteiger partial charge in [-0.3, -0.25) is 4.79 Å². The molecule has 0 aromatic heterocycles. The van der Waals surface area contributed by atoms with E-state index in [-0.39, 0.29) is 11.3 Å².